The lowest BCUT2D eigenvalue weighted by Gasteiger charge is -2.25. The topological polar surface area (TPSA) is 43.7 Å². The SMILES string of the molecule is CC(O)c1ccc(N(CCO)CC(F)F)c(Cl)c1. The molecule has 18 heavy (non-hydrogen) atoms. The van der Waals surface area contributed by atoms with Gasteiger partial charge >= 0.3 is 0 Å². The van der Waals surface area contributed by atoms with Gasteiger partial charge in [0.05, 0.1) is 30.0 Å². The number of hydrogen-bond acceptors (Lipinski definition) is 3. The number of rotatable bonds is 6. The van der Waals surface area contributed by atoms with Crippen molar-refractivity contribution in [1.29, 1.82) is 0 Å². The highest BCUT2D eigenvalue weighted by Gasteiger charge is 2.16. The average molecular weight is 280 g/mol. The lowest BCUT2D eigenvalue weighted by atomic mass is 10.1. The largest absolute Gasteiger partial charge is 0.395 e. The van der Waals surface area contributed by atoms with Gasteiger partial charge in [-0.3, -0.25) is 0 Å². The third kappa shape index (κ3) is 4.08. The molecule has 1 atom stereocenters. The van der Waals surface area contributed by atoms with Crippen LogP contribution in [0, 0.1) is 0 Å². The van der Waals surface area contributed by atoms with Crippen molar-refractivity contribution >= 4 is 17.3 Å². The zero-order valence-corrected chi connectivity index (χ0v) is 10.7. The highest BCUT2D eigenvalue weighted by molar-refractivity contribution is 6.33. The van der Waals surface area contributed by atoms with Crippen LogP contribution in [0.15, 0.2) is 18.2 Å². The number of alkyl halides is 2. The zero-order chi connectivity index (χ0) is 13.7. The Labute approximate surface area is 110 Å². The Morgan fingerprint density at radius 1 is 1.39 bits per heavy atom. The van der Waals surface area contributed by atoms with E-state index in [0.717, 1.165) is 0 Å². The van der Waals surface area contributed by atoms with Crippen molar-refractivity contribution in [2.45, 2.75) is 19.5 Å². The van der Waals surface area contributed by atoms with E-state index in [1.54, 1.807) is 19.1 Å². The lowest BCUT2D eigenvalue weighted by molar-refractivity contribution is 0.153. The van der Waals surface area contributed by atoms with Crippen LogP contribution in [0.3, 0.4) is 0 Å². The minimum Gasteiger partial charge on any atom is -0.395 e. The fourth-order valence-corrected chi connectivity index (χ4v) is 1.95. The van der Waals surface area contributed by atoms with Crippen LogP contribution >= 0.6 is 11.6 Å². The molecule has 0 aromatic heterocycles. The molecule has 3 nitrogen and oxygen atoms in total. The molecule has 0 aliphatic rings. The molecule has 0 heterocycles. The Morgan fingerprint density at radius 2 is 2.06 bits per heavy atom. The molecule has 1 aromatic carbocycles. The van der Waals surface area contributed by atoms with Gasteiger partial charge in [0.15, 0.2) is 0 Å². The molecule has 0 saturated carbocycles. The van der Waals surface area contributed by atoms with E-state index in [1.165, 1.54) is 11.0 Å². The summed E-state index contributed by atoms with van der Waals surface area (Å²) in [4.78, 5) is 1.32. The van der Waals surface area contributed by atoms with Gasteiger partial charge in [-0.1, -0.05) is 17.7 Å². The molecule has 102 valence electrons. The molecule has 0 radical (unpaired) electrons. The molecule has 1 rings (SSSR count). The first kappa shape index (κ1) is 15.1. The zero-order valence-electron chi connectivity index (χ0n) is 9.98. The Morgan fingerprint density at radius 3 is 2.50 bits per heavy atom. The summed E-state index contributed by atoms with van der Waals surface area (Å²) in [5.41, 5.74) is 1.04. The summed E-state index contributed by atoms with van der Waals surface area (Å²) in [6, 6.07) is 4.74. The molecular weight excluding hydrogens is 264 g/mol. The van der Waals surface area contributed by atoms with Crippen LogP contribution in [0.1, 0.15) is 18.6 Å². The van der Waals surface area contributed by atoms with E-state index < -0.39 is 19.1 Å². The molecule has 0 aliphatic heterocycles. The third-order valence-electron chi connectivity index (χ3n) is 2.52. The number of benzene rings is 1. The Kier molecular flexibility index (Phi) is 5.78. The second-order valence-corrected chi connectivity index (χ2v) is 4.35. The van der Waals surface area contributed by atoms with Crippen molar-refractivity contribution in [2.75, 3.05) is 24.6 Å². The molecule has 0 saturated heterocycles. The first-order valence-electron chi connectivity index (χ1n) is 5.57. The van der Waals surface area contributed by atoms with Crippen LogP contribution in [0.25, 0.3) is 0 Å². The molecule has 6 heteroatoms. The summed E-state index contributed by atoms with van der Waals surface area (Å²) in [6.07, 6.45) is -3.18. The van der Waals surface area contributed by atoms with Crippen molar-refractivity contribution in [1.82, 2.24) is 0 Å². The summed E-state index contributed by atoms with van der Waals surface area (Å²) in [5.74, 6) is 0. The Hall–Kier alpha value is -0.910. The predicted octanol–water partition coefficient (Wildman–Crippen LogP) is 2.46. The molecule has 2 N–H and O–H groups in total. The first-order chi connectivity index (χ1) is 8.45. The average Bonchev–Trinajstić information content (AvgIpc) is 2.27. The van der Waals surface area contributed by atoms with Gasteiger partial charge in [0.1, 0.15) is 0 Å². The highest BCUT2D eigenvalue weighted by Crippen LogP contribution is 2.29. The molecule has 0 fully saturated rings. The molecule has 0 amide bonds. The summed E-state index contributed by atoms with van der Waals surface area (Å²) in [6.45, 7) is 0.948. The van der Waals surface area contributed by atoms with E-state index >= 15 is 0 Å². The van der Waals surface area contributed by atoms with E-state index in [4.69, 9.17) is 16.7 Å². The number of hydrogen-bond donors (Lipinski definition) is 2. The van der Waals surface area contributed by atoms with Crippen LogP contribution in [0.5, 0.6) is 0 Å². The fraction of sp³-hybridized carbons (Fsp3) is 0.500. The van der Waals surface area contributed by atoms with E-state index in [1.807, 2.05) is 0 Å². The monoisotopic (exact) mass is 279 g/mol. The normalized spacial score (nSPS) is 12.8. The molecule has 0 bridgehead atoms. The first-order valence-corrected chi connectivity index (χ1v) is 5.95. The van der Waals surface area contributed by atoms with Gasteiger partial charge in [-0.25, -0.2) is 8.78 Å². The smallest absolute Gasteiger partial charge is 0.255 e. The van der Waals surface area contributed by atoms with Crippen LogP contribution in [0.4, 0.5) is 14.5 Å². The maximum Gasteiger partial charge on any atom is 0.255 e. The van der Waals surface area contributed by atoms with Gasteiger partial charge in [-0.15, -0.1) is 0 Å². The second-order valence-electron chi connectivity index (χ2n) is 3.95. The Balaban J connectivity index is 2.97. The van der Waals surface area contributed by atoms with E-state index in [9.17, 15) is 13.9 Å². The van der Waals surface area contributed by atoms with Gasteiger partial charge in [-0.05, 0) is 24.6 Å². The number of halogens is 3. The van der Waals surface area contributed by atoms with Crippen molar-refractivity contribution in [3.8, 4) is 0 Å². The van der Waals surface area contributed by atoms with E-state index in [2.05, 4.69) is 0 Å². The van der Waals surface area contributed by atoms with E-state index in [0.29, 0.717) is 11.3 Å². The number of nitrogens with zero attached hydrogens (tertiary/aromatic N) is 1. The van der Waals surface area contributed by atoms with Gasteiger partial charge < -0.3 is 15.1 Å². The van der Waals surface area contributed by atoms with Crippen LogP contribution in [-0.4, -0.2) is 36.3 Å². The van der Waals surface area contributed by atoms with Crippen molar-refractivity contribution in [3.63, 3.8) is 0 Å². The maximum absolute atomic E-state index is 12.4. The van der Waals surface area contributed by atoms with Crippen LogP contribution in [0.2, 0.25) is 5.02 Å². The summed E-state index contributed by atoms with van der Waals surface area (Å²) in [5, 5.41) is 18.5. The fourth-order valence-electron chi connectivity index (χ4n) is 1.64. The summed E-state index contributed by atoms with van der Waals surface area (Å²) in [7, 11) is 0. The second kappa shape index (κ2) is 6.87. The van der Waals surface area contributed by atoms with Gasteiger partial charge in [0, 0.05) is 6.54 Å². The maximum atomic E-state index is 12.4. The van der Waals surface area contributed by atoms with Crippen molar-refractivity contribution < 1.29 is 19.0 Å². The molecule has 1 aromatic rings. The lowest BCUT2D eigenvalue weighted by Crippen LogP contribution is -2.31. The van der Waals surface area contributed by atoms with Crippen LogP contribution < -0.4 is 4.90 Å². The van der Waals surface area contributed by atoms with Crippen LogP contribution in [-0.2, 0) is 0 Å². The summed E-state index contributed by atoms with van der Waals surface area (Å²) >= 11 is 6.01. The number of aliphatic hydroxyl groups is 2. The minimum absolute atomic E-state index is 0.0814. The summed E-state index contributed by atoms with van der Waals surface area (Å²) < 4.78 is 24.9. The molecule has 0 aliphatic carbocycles. The predicted molar refractivity (Wildman–Crippen MR) is 67.4 cm³/mol. The molecule has 1 unspecified atom stereocenters. The Bertz CT molecular complexity index is 388. The van der Waals surface area contributed by atoms with Gasteiger partial charge in [0.2, 0.25) is 0 Å². The van der Waals surface area contributed by atoms with Gasteiger partial charge in [0.25, 0.3) is 6.43 Å². The number of aliphatic hydroxyl groups excluding tert-OH is 2. The van der Waals surface area contributed by atoms with E-state index in [-0.39, 0.29) is 18.2 Å². The highest BCUT2D eigenvalue weighted by atomic mass is 35.5. The van der Waals surface area contributed by atoms with Crippen molar-refractivity contribution in [3.05, 3.63) is 28.8 Å². The standard InChI is InChI=1S/C12H16ClF2NO2/c1-8(18)9-2-3-11(10(13)6-9)16(4-5-17)7-12(14)15/h2-3,6,8,12,17-18H,4-5,7H2,1H3. The third-order valence-corrected chi connectivity index (χ3v) is 2.83. The van der Waals surface area contributed by atoms with Crippen molar-refractivity contribution in [2.24, 2.45) is 0 Å². The molecule has 0 spiro atoms. The number of anilines is 1. The molecular formula is C12H16ClF2NO2. The minimum atomic E-state index is -2.51. The quantitative estimate of drug-likeness (QED) is 0.841. The van der Waals surface area contributed by atoms with Gasteiger partial charge in [-0.2, -0.15) is 0 Å².